The van der Waals surface area contributed by atoms with E-state index in [0.29, 0.717) is 22.9 Å². The van der Waals surface area contributed by atoms with Crippen molar-refractivity contribution in [3.63, 3.8) is 0 Å². The highest BCUT2D eigenvalue weighted by atomic mass is 35.5. The van der Waals surface area contributed by atoms with Gasteiger partial charge in [-0.25, -0.2) is 5.43 Å². The normalized spacial score (nSPS) is 10.4. The number of carbonyl (C=O) groups excluding carboxylic acids is 1. The number of nitrogens with zero attached hydrogens (tertiary/aromatic N) is 1. The number of amides is 1. The molecule has 2 aromatic carbocycles. The molecule has 0 aliphatic carbocycles. The predicted molar refractivity (Wildman–Crippen MR) is 88.6 cm³/mol. The van der Waals surface area contributed by atoms with Crippen LogP contribution in [-0.4, -0.2) is 18.7 Å². The smallest absolute Gasteiger partial charge is 0.275 e. The molecule has 5 heteroatoms. The number of hydrogen-bond donors (Lipinski definition) is 1. The van der Waals surface area contributed by atoms with Crippen molar-refractivity contribution in [2.45, 2.75) is 0 Å². The lowest BCUT2D eigenvalue weighted by Crippen LogP contribution is -2.18. The number of ether oxygens (including phenoxy) is 1. The second kappa shape index (κ2) is 8.00. The van der Waals surface area contributed by atoms with Gasteiger partial charge in [-0.2, -0.15) is 5.10 Å². The van der Waals surface area contributed by atoms with Gasteiger partial charge >= 0.3 is 0 Å². The highest BCUT2D eigenvalue weighted by molar-refractivity contribution is 6.33. The van der Waals surface area contributed by atoms with E-state index in [1.165, 1.54) is 6.21 Å². The molecule has 0 unspecified atom stereocenters. The van der Waals surface area contributed by atoms with Crippen LogP contribution < -0.4 is 10.2 Å². The summed E-state index contributed by atoms with van der Waals surface area (Å²) < 4.78 is 5.44. The van der Waals surface area contributed by atoms with Crippen LogP contribution >= 0.6 is 11.6 Å². The van der Waals surface area contributed by atoms with Gasteiger partial charge in [-0.3, -0.25) is 4.79 Å². The first-order valence-electron chi connectivity index (χ1n) is 6.63. The Morgan fingerprint density at radius 2 is 1.95 bits per heavy atom. The van der Waals surface area contributed by atoms with Crippen molar-refractivity contribution < 1.29 is 9.53 Å². The van der Waals surface area contributed by atoms with Gasteiger partial charge in [-0.05, 0) is 18.2 Å². The molecule has 1 amide bonds. The summed E-state index contributed by atoms with van der Waals surface area (Å²) in [5.41, 5.74) is 3.58. The third-order valence-electron chi connectivity index (χ3n) is 2.76. The molecular formula is C17H15ClN2O2. The van der Waals surface area contributed by atoms with Crippen LogP contribution in [0.4, 0.5) is 0 Å². The average Bonchev–Trinajstić information content (AvgIpc) is 2.55. The molecule has 0 atom stereocenters. The van der Waals surface area contributed by atoms with Crippen LogP contribution in [0, 0.1) is 0 Å². The van der Waals surface area contributed by atoms with Gasteiger partial charge in [0.25, 0.3) is 5.91 Å². The molecule has 112 valence electrons. The van der Waals surface area contributed by atoms with Crippen LogP contribution in [-0.2, 0) is 0 Å². The minimum Gasteiger partial charge on any atom is -0.489 e. The molecule has 22 heavy (non-hydrogen) atoms. The molecule has 0 aliphatic rings. The van der Waals surface area contributed by atoms with E-state index in [2.05, 4.69) is 17.1 Å². The van der Waals surface area contributed by atoms with Gasteiger partial charge in [0.05, 0.1) is 11.8 Å². The van der Waals surface area contributed by atoms with E-state index in [4.69, 9.17) is 16.3 Å². The maximum Gasteiger partial charge on any atom is 0.275 e. The number of hydrogen-bond acceptors (Lipinski definition) is 3. The molecule has 2 rings (SSSR count). The van der Waals surface area contributed by atoms with E-state index in [1.54, 1.807) is 42.5 Å². The van der Waals surface area contributed by atoms with Crippen LogP contribution in [0.2, 0.25) is 5.02 Å². The van der Waals surface area contributed by atoms with Gasteiger partial charge in [-0.1, -0.05) is 54.6 Å². The van der Waals surface area contributed by atoms with Crippen molar-refractivity contribution in [1.82, 2.24) is 5.43 Å². The summed E-state index contributed by atoms with van der Waals surface area (Å²) in [5.74, 6) is 0.121. The molecular weight excluding hydrogens is 300 g/mol. The molecule has 0 fully saturated rings. The van der Waals surface area contributed by atoms with Gasteiger partial charge in [0.15, 0.2) is 0 Å². The zero-order valence-electron chi connectivity index (χ0n) is 11.8. The highest BCUT2D eigenvalue weighted by Gasteiger charge is 2.10. The summed E-state index contributed by atoms with van der Waals surface area (Å²) in [6, 6.07) is 14.2. The maximum atomic E-state index is 12.1. The molecule has 1 N–H and O–H groups in total. The predicted octanol–water partition coefficient (Wildman–Crippen LogP) is 3.67. The largest absolute Gasteiger partial charge is 0.489 e. The molecule has 4 nitrogen and oxygen atoms in total. The summed E-state index contributed by atoms with van der Waals surface area (Å²) in [6.45, 7) is 3.91. The van der Waals surface area contributed by atoms with Crippen LogP contribution in [0.15, 0.2) is 66.3 Å². The van der Waals surface area contributed by atoms with E-state index >= 15 is 0 Å². The van der Waals surface area contributed by atoms with E-state index in [9.17, 15) is 4.79 Å². The number of carbonyl (C=O) groups is 1. The van der Waals surface area contributed by atoms with Gasteiger partial charge in [-0.15, -0.1) is 0 Å². The lowest BCUT2D eigenvalue weighted by atomic mass is 10.2. The van der Waals surface area contributed by atoms with Crippen molar-refractivity contribution in [2.24, 2.45) is 5.10 Å². The Kier molecular flexibility index (Phi) is 5.74. The first-order valence-corrected chi connectivity index (χ1v) is 7.01. The first-order chi connectivity index (χ1) is 10.7. The molecule has 0 spiro atoms. The second-order valence-corrected chi connectivity index (χ2v) is 4.72. The van der Waals surface area contributed by atoms with Gasteiger partial charge < -0.3 is 4.74 Å². The lowest BCUT2D eigenvalue weighted by Gasteiger charge is -2.08. The topological polar surface area (TPSA) is 50.7 Å². The standard InChI is InChI=1S/C17H15ClN2O2/c1-2-11-22-16-10-6-4-8-14(16)17(21)20-19-12-13-7-3-5-9-15(13)18/h2-10,12H,1,11H2,(H,20,21)/b19-12+. The Balaban J connectivity index is 2.06. The molecule has 0 heterocycles. The van der Waals surface area contributed by atoms with Crippen molar-refractivity contribution in [3.8, 4) is 5.75 Å². The number of halogens is 1. The summed E-state index contributed by atoms with van der Waals surface area (Å²) in [5, 5.41) is 4.48. The minimum atomic E-state index is -0.358. The number of benzene rings is 2. The van der Waals surface area contributed by atoms with Crippen LogP contribution in [0.25, 0.3) is 0 Å². The second-order valence-electron chi connectivity index (χ2n) is 4.32. The Labute approximate surface area is 134 Å². The Morgan fingerprint density at radius 3 is 2.73 bits per heavy atom. The average molecular weight is 315 g/mol. The monoisotopic (exact) mass is 314 g/mol. The fraction of sp³-hybridized carbons (Fsp3) is 0.0588. The van der Waals surface area contributed by atoms with Gasteiger partial charge in [0.1, 0.15) is 12.4 Å². The molecule has 0 saturated carbocycles. The molecule has 0 aromatic heterocycles. The Bertz CT molecular complexity index is 699. The fourth-order valence-corrected chi connectivity index (χ4v) is 1.91. The number of hydrazone groups is 1. The third kappa shape index (κ3) is 4.20. The number of nitrogens with one attached hydrogen (secondary N) is 1. The van der Waals surface area contributed by atoms with Crippen molar-refractivity contribution >= 4 is 23.7 Å². The summed E-state index contributed by atoms with van der Waals surface area (Å²) in [7, 11) is 0. The van der Waals surface area contributed by atoms with Crippen LogP contribution in [0.5, 0.6) is 5.75 Å². The third-order valence-corrected chi connectivity index (χ3v) is 3.11. The maximum absolute atomic E-state index is 12.1. The minimum absolute atomic E-state index is 0.327. The molecule has 0 aliphatic heterocycles. The van der Waals surface area contributed by atoms with E-state index < -0.39 is 0 Å². The zero-order valence-corrected chi connectivity index (χ0v) is 12.6. The van der Waals surface area contributed by atoms with E-state index in [1.807, 2.05) is 12.1 Å². The summed E-state index contributed by atoms with van der Waals surface area (Å²) in [6.07, 6.45) is 3.11. The Hall–Kier alpha value is -2.59. The SMILES string of the molecule is C=CCOc1ccccc1C(=O)N/N=C/c1ccccc1Cl. The summed E-state index contributed by atoms with van der Waals surface area (Å²) >= 11 is 6.01. The lowest BCUT2D eigenvalue weighted by molar-refractivity contribution is 0.0951. The van der Waals surface area contributed by atoms with Crippen molar-refractivity contribution in [2.75, 3.05) is 6.61 Å². The van der Waals surface area contributed by atoms with Gasteiger partial charge in [0.2, 0.25) is 0 Å². The fourth-order valence-electron chi connectivity index (χ4n) is 1.73. The van der Waals surface area contributed by atoms with Crippen molar-refractivity contribution in [1.29, 1.82) is 0 Å². The molecule has 2 aromatic rings. The van der Waals surface area contributed by atoms with Crippen LogP contribution in [0.1, 0.15) is 15.9 Å². The molecule has 0 radical (unpaired) electrons. The first kappa shape index (κ1) is 15.8. The highest BCUT2D eigenvalue weighted by Crippen LogP contribution is 2.18. The quantitative estimate of drug-likeness (QED) is 0.502. The summed E-state index contributed by atoms with van der Waals surface area (Å²) in [4.78, 5) is 12.1. The number of rotatable bonds is 6. The van der Waals surface area contributed by atoms with Crippen molar-refractivity contribution in [3.05, 3.63) is 77.3 Å². The Morgan fingerprint density at radius 1 is 1.23 bits per heavy atom. The van der Waals surface area contributed by atoms with Crippen LogP contribution in [0.3, 0.4) is 0 Å². The molecule has 0 bridgehead atoms. The number of para-hydroxylation sites is 1. The van der Waals surface area contributed by atoms with E-state index in [-0.39, 0.29) is 5.91 Å². The van der Waals surface area contributed by atoms with E-state index in [0.717, 1.165) is 5.56 Å². The zero-order chi connectivity index (χ0) is 15.8. The van der Waals surface area contributed by atoms with Gasteiger partial charge in [0, 0.05) is 10.6 Å². The molecule has 0 saturated heterocycles.